The molecule has 2 aromatic carbocycles. The van der Waals surface area contributed by atoms with Crippen LogP contribution in [-0.2, 0) is 14.3 Å². The topological polar surface area (TPSA) is 151 Å². The Bertz CT molecular complexity index is 1120. The summed E-state index contributed by atoms with van der Waals surface area (Å²) >= 11 is 5.82. The highest BCUT2D eigenvalue weighted by molar-refractivity contribution is 6.30. The highest BCUT2D eigenvalue weighted by Crippen LogP contribution is 2.38. The molecule has 34 heavy (non-hydrogen) atoms. The van der Waals surface area contributed by atoms with Gasteiger partial charge in [0.15, 0.2) is 18.1 Å². The van der Waals surface area contributed by atoms with Gasteiger partial charge in [0.25, 0.3) is 5.91 Å². The van der Waals surface area contributed by atoms with Gasteiger partial charge in [-0.25, -0.2) is 4.79 Å². The number of methoxy groups -OCH3 is 1. The van der Waals surface area contributed by atoms with Gasteiger partial charge in [0.05, 0.1) is 17.6 Å². The summed E-state index contributed by atoms with van der Waals surface area (Å²) in [5, 5.41) is 11.4. The summed E-state index contributed by atoms with van der Waals surface area (Å²) in [4.78, 5) is 48.2. The number of hydrogen-bond acceptors (Lipinski definition) is 8. The van der Waals surface area contributed by atoms with Gasteiger partial charge in [0.1, 0.15) is 0 Å². The number of primary amides is 1. The molecular weight excluding hydrogens is 470 g/mol. The van der Waals surface area contributed by atoms with Crippen LogP contribution < -0.4 is 15.2 Å². The maximum atomic E-state index is 12.4. The summed E-state index contributed by atoms with van der Waals surface area (Å²) in [6.07, 6.45) is 0.943. The molecule has 1 saturated heterocycles. The number of nitro groups is 1. The van der Waals surface area contributed by atoms with Crippen molar-refractivity contribution in [1.29, 1.82) is 0 Å². The van der Waals surface area contributed by atoms with Gasteiger partial charge in [0.2, 0.25) is 11.7 Å². The zero-order chi connectivity index (χ0) is 24.8. The number of nitro benzene ring substituents is 1. The van der Waals surface area contributed by atoms with E-state index in [9.17, 15) is 24.5 Å². The first kappa shape index (κ1) is 24.8. The number of carbonyl (C=O) groups excluding carboxylic acids is 3. The van der Waals surface area contributed by atoms with E-state index in [1.54, 1.807) is 0 Å². The maximum Gasteiger partial charge on any atom is 0.338 e. The second kappa shape index (κ2) is 10.8. The summed E-state index contributed by atoms with van der Waals surface area (Å²) in [5.41, 5.74) is 5.05. The lowest BCUT2D eigenvalue weighted by Gasteiger charge is -2.30. The van der Waals surface area contributed by atoms with Crippen LogP contribution in [0.15, 0.2) is 36.4 Å². The molecule has 1 fully saturated rings. The summed E-state index contributed by atoms with van der Waals surface area (Å²) in [5.74, 6) is -1.59. The standard InChI is InChI=1S/C22H22ClN3O8/c1-32-19-10-14(2-4-18(19)34-17-5-3-15(23)11-16(17)26(30)31)22(29)33-12-20(27)25-8-6-13(7-9-25)21(24)28/h2-5,10-11,13H,6-9,12H2,1H3,(H2,24,28). The van der Waals surface area contributed by atoms with Crippen LogP contribution in [0.1, 0.15) is 23.2 Å². The molecule has 0 saturated carbocycles. The number of ether oxygens (including phenoxy) is 3. The van der Waals surface area contributed by atoms with Gasteiger partial charge in [0, 0.05) is 30.1 Å². The number of benzene rings is 2. The van der Waals surface area contributed by atoms with Gasteiger partial charge in [-0.3, -0.25) is 19.7 Å². The third kappa shape index (κ3) is 5.93. The minimum absolute atomic E-state index is 0.0614. The van der Waals surface area contributed by atoms with Crippen molar-refractivity contribution < 1.29 is 33.5 Å². The fourth-order valence-electron chi connectivity index (χ4n) is 3.43. The molecule has 0 atom stereocenters. The van der Waals surface area contributed by atoms with Crippen molar-refractivity contribution >= 4 is 35.1 Å². The molecule has 3 rings (SSSR count). The summed E-state index contributed by atoms with van der Waals surface area (Å²) in [6.45, 7) is 0.263. The number of nitrogens with zero attached hydrogens (tertiary/aromatic N) is 2. The van der Waals surface area contributed by atoms with Crippen LogP contribution >= 0.6 is 11.6 Å². The molecule has 0 bridgehead atoms. The molecule has 0 unspecified atom stereocenters. The number of amides is 2. The van der Waals surface area contributed by atoms with Crippen LogP contribution in [0, 0.1) is 16.0 Å². The highest BCUT2D eigenvalue weighted by atomic mass is 35.5. The Morgan fingerprint density at radius 3 is 2.41 bits per heavy atom. The second-order valence-corrected chi connectivity index (χ2v) is 7.91. The number of nitrogens with two attached hydrogens (primary N) is 1. The Morgan fingerprint density at radius 1 is 1.12 bits per heavy atom. The Hall–Kier alpha value is -3.86. The number of halogens is 1. The molecule has 12 heteroatoms. The molecule has 180 valence electrons. The van der Waals surface area contributed by atoms with Crippen LogP contribution in [0.2, 0.25) is 5.02 Å². The van der Waals surface area contributed by atoms with E-state index in [0.717, 1.165) is 6.07 Å². The van der Waals surface area contributed by atoms with Crippen molar-refractivity contribution in [3.63, 3.8) is 0 Å². The first-order valence-electron chi connectivity index (χ1n) is 10.2. The summed E-state index contributed by atoms with van der Waals surface area (Å²) < 4.78 is 16.0. The molecule has 0 aliphatic carbocycles. The van der Waals surface area contributed by atoms with Gasteiger partial charge in [-0.05, 0) is 43.2 Å². The highest BCUT2D eigenvalue weighted by Gasteiger charge is 2.26. The largest absolute Gasteiger partial charge is 0.493 e. The number of likely N-dealkylation sites (tertiary alicyclic amines) is 1. The molecule has 0 spiro atoms. The lowest BCUT2D eigenvalue weighted by Crippen LogP contribution is -2.43. The van der Waals surface area contributed by atoms with E-state index in [-0.39, 0.29) is 51.3 Å². The van der Waals surface area contributed by atoms with Crippen LogP contribution in [0.3, 0.4) is 0 Å². The second-order valence-electron chi connectivity index (χ2n) is 7.47. The van der Waals surface area contributed by atoms with Crippen molar-refractivity contribution in [1.82, 2.24) is 4.90 Å². The van der Waals surface area contributed by atoms with Gasteiger partial charge in [-0.2, -0.15) is 0 Å². The van der Waals surface area contributed by atoms with E-state index < -0.39 is 17.5 Å². The van der Waals surface area contributed by atoms with E-state index in [1.165, 1.54) is 42.3 Å². The van der Waals surface area contributed by atoms with Gasteiger partial charge in [-0.1, -0.05) is 11.6 Å². The van der Waals surface area contributed by atoms with Gasteiger partial charge < -0.3 is 24.8 Å². The summed E-state index contributed by atoms with van der Waals surface area (Å²) in [7, 11) is 1.34. The molecule has 0 radical (unpaired) electrons. The van der Waals surface area contributed by atoms with E-state index in [2.05, 4.69) is 0 Å². The monoisotopic (exact) mass is 491 g/mol. The minimum Gasteiger partial charge on any atom is -0.493 e. The third-order valence-electron chi connectivity index (χ3n) is 5.31. The molecule has 1 heterocycles. The van der Waals surface area contributed by atoms with Crippen molar-refractivity contribution in [2.45, 2.75) is 12.8 Å². The Kier molecular flexibility index (Phi) is 7.90. The Labute approximate surface area is 199 Å². The Morgan fingerprint density at radius 2 is 1.79 bits per heavy atom. The first-order valence-corrected chi connectivity index (χ1v) is 10.6. The normalized spacial score (nSPS) is 13.8. The van der Waals surface area contributed by atoms with Crippen molar-refractivity contribution in [3.8, 4) is 17.2 Å². The first-order chi connectivity index (χ1) is 16.2. The lowest BCUT2D eigenvalue weighted by atomic mass is 9.96. The molecule has 1 aliphatic heterocycles. The van der Waals surface area contributed by atoms with Gasteiger partial charge in [-0.15, -0.1) is 0 Å². The zero-order valence-electron chi connectivity index (χ0n) is 18.2. The van der Waals surface area contributed by atoms with E-state index in [1.807, 2.05) is 0 Å². The van der Waals surface area contributed by atoms with E-state index in [4.69, 9.17) is 31.5 Å². The van der Waals surface area contributed by atoms with Crippen molar-refractivity contribution in [3.05, 3.63) is 57.1 Å². The smallest absolute Gasteiger partial charge is 0.338 e. The maximum absolute atomic E-state index is 12.4. The van der Waals surface area contributed by atoms with Crippen LogP contribution in [-0.4, -0.2) is 54.4 Å². The molecule has 1 aliphatic rings. The summed E-state index contributed by atoms with van der Waals surface area (Å²) in [6, 6.07) is 8.05. The molecule has 11 nitrogen and oxygen atoms in total. The van der Waals surface area contributed by atoms with E-state index >= 15 is 0 Å². The molecule has 2 aromatic rings. The number of rotatable bonds is 8. The predicted molar refractivity (Wildman–Crippen MR) is 120 cm³/mol. The third-order valence-corrected chi connectivity index (χ3v) is 5.55. The average Bonchev–Trinajstić information content (AvgIpc) is 2.83. The van der Waals surface area contributed by atoms with Crippen LogP contribution in [0.4, 0.5) is 5.69 Å². The molecule has 2 N–H and O–H groups in total. The van der Waals surface area contributed by atoms with Crippen LogP contribution in [0.25, 0.3) is 0 Å². The molecular formula is C22H22ClN3O8. The number of esters is 1. The van der Waals surface area contributed by atoms with E-state index in [0.29, 0.717) is 25.9 Å². The average molecular weight is 492 g/mol. The van der Waals surface area contributed by atoms with Crippen molar-refractivity contribution in [2.75, 3.05) is 26.8 Å². The fraction of sp³-hybridized carbons (Fsp3) is 0.318. The molecule has 2 amide bonds. The quantitative estimate of drug-likeness (QED) is 0.336. The van der Waals surface area contributed by atoms with Crippen molar-refractivity contribution in [2.24, 2.45) is 11.7 Å². The SMILES string of the molecule is COc1cc(C(=O)OCC(=O)N2CCC(C(N)=O)CC2)ccc1Oc1ccc(Cl)cc1[N+](=O)[O-]. The van der Waals surface area contributed by atoms with Gasteiger partial charge >= 0.3 is 11.7 Å². The lowest BCUT2D eigenvalue weighted by molar-refractivity contribution is -0.385. The number of carbonyl (C=O) groups is 3. The predicted octanol–water partition coefficient (Wildman–Crippen LogP) is 2.93. The Balaban J connectivity index is 1.64. The van der Waals surface area contributed by atoms with Crippen LogP contribution in [0.5, 0.6) is 17.2 Å². The zero-order valence-corrected chi connectivity index (χ0v) is 18.9. The number of piperidine rings is 1. The fourth-order valence-corrected chi connectivity index (χ4v) is 3.60. The molecule has 0 aromatic heterocycles. The minimum atomic E-state index is -0.761. The number of hydrogen-bond donors (Lipinski definition) is 1.